The fourth-order valence-corrected chi connectivity index (χ4v) is 3.52. The number of ketones is 1. The van der Waals surface area contributed by atoms with Gasteiger partial charge in [0.2, 0.25) is 5.75 Å². The molecule has 0 fully saturated rings. The largest absolute Gasteiger partial charge is 0.496 e. The molecular formula is C24H26O8. The second-order valence-electron chi connectivity index (χ2n) is 6.98. The van der Waals surface area contributed by atoms with Gasteiger partial charge in [0.1, 0.15) is 11.5 Å². The predicted molar refractivity (Wildman–Crippen MR) is 117 cm³/mol. The highest BCUT2D eigenvalue weighted by Crippen LogP contribution is 2.40. The Labute approximate surface area is 185 Å². The Bertz CT molecular complexity index is 1050. The molecule has 3 rings (SSSR count). The minimum Gasteiger partial charge on any atom is -0.496 e. The highest BCUT2D eigenvalue weighted by Gasteiger charge is 2.24. The van der Waals surface area contributed by atoms with Crippen LogP contribution in [-0.2, 0) is 6.42 Å². The Balaban J connectivity index is 2.20. The van der Waals surface area contributed by atoms with Crippen molar-refractivity contribution < 1.29 is 38.4 Å². The van der Waals surface area contributed by atoms with E-state index in [1.807, 2.05) is 0 Å². The fourth-order valence-electron chi connectivity index (χ4n) is 3.52. The Kier molecular flexibility index (Phi) is 7.40. The summed E-state index contributed by atoms with van der Waals surface area (Å²) in [5, 5.41) is 19.4. The maximum Gasteiger partial charge on any atom is 0.203 e. The maximum absolute atomic E-state index is 13.6. The third-order valence-corrected chi connectivity index (χ3v) is 5.01. The van der Waals surface area contributed by atoms with E-state index in [9.17, 15) is 15.0 Å². The molecule has 0 aliphatic carbocycles. The van der Waals surface area contributed by atoms with Crippen molar-refractivity contribution in [2.75, 3.05) is 35.0 Å². The zero-order valence-electron chi connectivity index (χ0n) is 18.4. The molecule has 170 valence electrons. The number of methoxy groups -OCH3 is 4. The second kappa shape index (κ2) is 10.2. The topological polar surface area (TPSA) is 108 Å². The van der Waals surface area contributed by atoms with Crippen LogP contribution in [0.3, 0.4) is 0 Å². The normalized spacial score (nSPS) is 11.7. The van der Waals surface area contributed by atoms with Crippen molar-refractivity contribution in [3.8, 4) is 34.3 Å². The van der Waals surface area contributed by atoms with Gasteiger partial charge in [-0.2, -0.15) is 0 Å². The van der Waals surface area contributed by atoms with Gasteiger partial charge in [0.25, 0.3) is 0 Å². The summed E-state index contributed by atoms with van der Waals surface area (Å²) >= 11 is 0. The summed E-state index contributed by atoms with van der Waals surface area (Å²) < 4.78 is 27.1. The molecule has 0 saturated carbocycles. The van der Waals surface area contributed by atoms with Crippen molar-refractivity contribution in [1.82, 2.24) is 0 Å². The van der Waals surface area contributed by atoms with Crippen molar-refractivity contribution in [3.05, 3.63) is 59.4 Å². The first-order valence-electron chi connectivity index (χ1n) is 9.85. The number of carbonyl (C=O) groups excluding carboxylic acids is 1. The number of ether oxygens (including phenoxy) is 4. The van der Waals surface area contributed by atoms with Crippen LogP contribution in [0, 0.1) is 0 Å². The van der Waals surface area contributed by atoms with Gasteiger partial charge in [-0.15, -0.1) is 0 Å². The smallest absolute Gasteiger partial charge is 0.203 e. The van der Waals surface area contributed by atoms with Gasteiger partial charge >= 0.3 is 0 Å². The van der Waals surface area contributed by atoms with Crippen molar-refractivity contribution >= 4 is 5.78 Å². The molecule has 8 nitrogen and oxygen atoms in total. The summed E-state index contributed by atoms with van der Waals surface area (Å²) in [7, 11) is 5.87. The molecule has 1 unspecified atom stereocenters. The molecule has 3 aromatic rings. The third-order valence-electron chi connectivity index (χ3n) is 5.01. The van der Waals surface area contributed by atoms with Crippen LogP contribution in [0.15, 0.2) is 47.1 Å². The van der Waals surface area contributed by atoms with Gasteiger partial charge in [-0.3, -0.25) is 4.79 Å². The zero-order valence-corrected chi connectivity index (χ0v) is 18.4. The van der Waals surface area contributed by atoms with E-state index in [2.05, 4.69) is 0 Å². The Morgan fingerprint density at radius 1 is 0.969 bits per heavy atom. The van der Waals surface area contributed by atoms with Crippen LogP contribution in [0.25, 0.3) is 11.3 Å². The fraction of sp³-hybridized carbons (Fsp3) is 0.292. The summed E-state index contributed by atoms with van der Waals surface area (Å²) in [5.74, 6) is 1.54. The van der Waals surface area contributed by atoms with E-state index in [4.69, 9.17) is 23.4 Å². The molecule has 0 saturated heterocycles. The van der Waals surface area contributed by atoms with Crippen molar-refractivity contribution in [2.45, 2.75) is 12.5 Å². The quantitative estimate of drug-likeness (QED) is 0.461. The van der Waals surface area contributed by atoms with Gasteiger partial charge in [-0.1, -0.05) is 0 Å². The third kappa shape index (κ3) is 4.56. The van der Waals surface area contributed by atoms with E-state index >= 15 is 0 Å². The van der Waals surface area contributed by atoms with Crippen LogP contribution in [0.1, 0.15) is 21.5 Å². The second-order valence-corrected chi connectivity index (χ2v) is 6.98. The number of furan rings is 1. The minimum absolute atomic E-state index is 0.0871. The Hall–Kier alpha value is -3.49. The molecule has 0 bridgehead atoms. The van der Waals surface area contributed by atoms with Gasteiger partial charge in [-0.05, 0) is 42.0 Å². The summed E-state index contributed by atoms with van der Waals surface area (Å²) in [5.41, 5.74) is 1.74. The van der Waals surface area contributed by atoms with Crippen molar-refractivity contribution in [1.29, 1.82) is 0 Å². The lowest BCUT2D eigenvalue weighted by Crippen LogP contribution is -2.17. The SMILES string of the molecule is COc1cc(C(=O)c2cc(-c3ccco3)cc(CC(O)CO)c2OC)cc(OC)c1OC. The van der Waals surface area contributed by atoms with E-state index in [-0.39, 0.29) is 17.8 Å². The molecule has 0 radical (unpaired) electrons. The molecule has 0 aliphatic rings. The average molecular weight is 442 g/mol. The number of carbonyl (C=O) groups is 1. The first-order valence-corrected chi connectivity index (χ1v) is 9.85. The molecule has 1 heterocycles. The van der Waals surface area contributed by atoms with Crippen LogP contribution in [0.2, 0.25) is 0 Å². The number of hydrogen-bond donors (Lipinski definition) is 2. The molecule has 2 N–H and O–H groups in total. The van der Waals surface area contributed by atoms with E-state index in [1.165, 1.54) is 34.7 Å². The molecule has 1 atom stereocenters. The van der Waals surface area contributed by atoms with Crippen molar-refractivity contribution in [2.24, 2.45) is 0 Å². The van der Waals surface area contributed by atoms with Crippen LogP contribution >= 0.6 is 0 Å². The first-order chi connectivity index (χ1) is 15.5. The number of benzene rings is 2. The van der Waals surface area contributed by atoms with Gasteiger partial charge in [-0.25, -0.2) is 0 Å². The zero-order chi connectivity index (χ0) is 23.3. The van der Waals surface area contributed by atoms with Gasteiger partial charge in [0, 0.05) is 17.5 Å². The summed E-state index contributed by atoms with van der Waals surface area (Å²) in [6, 6.07) is 10.1. The minimum atomic E-state index is -1.01. The van der Waals surface area contributed by atoms with E-state index < -0.39 is 12.7 Å². The number of hydrogen-bond acceptors (Lipinski definition) is 8. The highest BCUT2D eigenvalue weighted by molar-refractivity contribution is 6.12. The predicted octanol–water partition coefficient (Wildman–Crippen LogP) is 3.11. The molecule has 0 amide bonds. The molecule has 1 aromatic heterocycles. The summed E-state index contributed by atoms with van der Waals surface area (Å²) in [6.07, 6.45) is 0.603. The van der Waals surface area contributed by atoms with Gasteiger partial charge in [0.05, 0.1) is 53.0 Å². The average Bonchev–Trinajstić information content (AvgIpc) is 3.37. The lowest BCUT2D eigenvalue weighted by Gasteiger charge is -2.18. The molecule has 32 heavy (non-hydrogen) atoms. The first kappa shape index (κ1) is 23.2. The van der Waals surface area contributed by atoms with Gasteiger partial charge in [0.15, 0.2) is 17.3 Å². The van der Waals surface area contributed by atoms with Gasteiger partial charge < -0.3 is 33.6 Å². The van der Waals surface area contributed by atoms with E-state index in [1.54, 1.807) is 36.4 Å². The molecule has 0 spiro atoms. The van der Waals surface area contributed by atoms with Crippen LogP contribution in [0.5, 0.6) is 23.0 Å². The lowest BCUT2D eigenvalue weighted by molar-refractivity contribution is 0.0947. The van der Waals surface area contributed by atoms with E-state index in [0.29, 0.717) is 45.4 Å². The summed E-state index contributed by atoms with van der Waals surface area (Å²) in [4.78, 5) is 13.6. The number of aliphatic hydroxyl groups excluding tert-OH is 2. The van der Waals surface area contributed by atoms with E-state index in [0.717, 1.165) is 0 Å². The molecule has 2 aromatic carbocycles. The highest BCUT2D eigenvalue weighted by atomic mass is 16.5. The molecule has 8 heteroatoms. The van der Waals surface area contributed by atoms with Crippen LogP contribution in [0.4, 0.5) is 0 Å². The standard InChI is InChI=1S/C24H26O8/c1-28-20-11-15(12-21(29-2)24(20)31-4)22(27)18-10-14(19-6-5-7-32-19)8-16(23(18)30-3)9-17(26)13-25/h5-8,10-12,17,25-26H,9,13H2,1-4H3. The Morgan fingerprint density at radius 3 is 2.12 bits per heavy atom. The monoisotopic (exact) mass is 442 g/mol. The maximum atomic E-state index is 13.6. The number of aliphatic hydroxyl groups is 2. The Morgan fingerprint density at radius 2 is 1.62 bits per heavy atom. The summed E-state index contributed by atoms with van der Waals surface area (Å²) in [6.45, 7) is -0.426. The van der Waals surface area contributed by atoms with Crippen LogP contribution < -0.4 is 18.9 Å². The van der Waals surface area contributed by atoms with Crippen LogP contribution in [-0.4, -0.2) is 57.1 Å². The van der Waals surface area contributed by atoms with Crippen molar-refractivity contribution in [3.63, 3.8) is 0 Å². The number of rotatable bonds is 10. The lowest BCUT2D eigenvalue weighted by atomic mass is 9.93. The molecular weight excluding hydrogens is 416 g/mol. The molecule has 0 aliphatic heterocycles.